The van der Waals surface area contributed by atoms with Crippen LogP contribution in [0.1, 0.15) is 50.4 Å². The number of nitrogens with zero attached hydrogens (tertiary/aromatic N) is 7. The van der Waals surface area contributed by atoms with Crippen LogP contribution in [0.15, 0.2) is 10.9 Å². The Kier molecular flexibility index (Phi) is 4.40. The summed E-state index contributed by atoms with van der Waals surface area (Å²) in [7, 11) is 0. The molecule has 0 spiro atoms. The van der Waals surface area contributed by atoms with Crippen molar-refractivity contribution in [2.45, 2.75) is 51.6 Å². The molecule has 2 aromatic heterocycles. The van der Waals surface area contributed by atoms with Gasteiger partial charge in [-0.2, -0.15) is 4.98 Å². The molecule has 0 aromatic carbocycles. The van der Waals surface area contributed by atoms with Gasteiger partial charge in [0.05, 0.1) is 0 Å². The van der Waals surface area contributed by atoms with Gasteiger partial charge in [-0.1, -0.05) is 12.1 Å². The molecule has 22 heavy (non-hydrogen) atoms. The number of piperidine rings is 1. The number of hydrogen-bond acceptors (Lipinski definition) is 7. The summed E-state index contributed by atoms with van der Waals surface area (Å²) in [5.41, 5.74) is 0. The van der Waals surface area contributed by atoms with Gasteiger partial charge in [0.15, 0.2) is 5.82 Å². The van der Waals surface area contributed by atoms with Gasteiger partial charge < -0.3 is 9.42 Å². The molecule has 1 saturated heterocycles. The Bertz CT molecular complexity index is 610. The Labute approximate surface area is 127 Å². The highest BCUT2D eigenvalue weighted by Gasteiger charge is 2.32. The highest BCUT2D eigenvalue weighted by molar-refractivity contribution is 5.76. The van der Waals surface area contributed by atoms with Crippen molar-refractivity contribution in [1.82, 2.24) is 35.2 Å². The largest absolute Gasteiger partial charge is 0.337 e. The van der Waals surface area contributed by atoms with Crippen molar-refractivity contribution in [3.05, 3.63) is 18.0 Å². The second kappa shape index (κ2) is 6.63. The molecule has 1 aliphatic heterocycles. The van der Waals surface area contributed by atoms with Gasteiger partial charge >= 0.3 is 0 Å². The molecule has 1 unspecified atom stereocenters. The molecule has 1 atom stereocenters. The molecule has 9 nitrogen and oxygen atoms in total. The summed E-state index contributed by atoms with van der Waals surface area (Å²) in [6, 6.07) is -0.143. The van der Waals surface area contributed by atoms with E-state index in [1.54, 1.807) is 4.90 Å². The summed E-state index contributed by atoms with van der Waals surface area (Å²) in [4.78, 5) is 18.7. The van der Waals surface area contributed by atoms with E-state index in [0.717, 1.165) is 32.1 Å². The first-order valence-electron chi connectivity index (χ1n) is 7.60. The molecule has 3 rings (SSSR count). The summed E-state index contributed by atoms with van der Waals surface area (Å²) in [5, 5.41) is 14.8. The highest BCUT2D eigenvalue weighted by Crippen LogP contribution is 2.30. The molecule has 118 valence electrons. The number of aromatic nitrogens is 6. The van der Waals surface area contributed by atoms with Crippen LogP contribution in [0.4, 0.5) is 0 Å². The third-order valence-corrected chi connectivity index (χ3v) is 3.75. The van der Waals surface area contributed by atoms with Crippen LogP contribution in [0.25, 0.3) is 0 Å². The molecule has 0 radical (unpaired) electrons. The van der Waals surface area contributed by atoms with Crippen LogP contribution in [0.5, 0.6) is 0 Å². The summed E-state index contributed by atoms with van der Waals surface area (Å²) in [6.45, 7) is 2.88. The highest BCUT2D eigenvalue weighted by atomic mass is 16.5. The van der Waals surface area contributed by atoms with Crippen molar-refractivity contribution in [3.63, 3.8) is 0 Å². The number of rotatable bonds is 5. The lowest BCUT2D eigenvalue weighted by molar-refractivity contribution is -0.136. The first kappa shape index (κ1) is 14.6. The Hall–Kier alpha value is -2.32. The van der Waals surface area contributed by atoms with Crippen molar-refractivity contribution in [3.8, 4) is 0 Å². The fraction of sp³-hybridized carbons (Fsp3) is 0.692. The summed E-state index contributed by atoms with van der Waals surface area (Å²) < 4.78 is 6.79. The van der Waals surface area contributed by atoms with Gasteiger partial charge in [0, 0.05) is 13.0 Å². The van der Waals surface area contributed by atoms with E-state index in [1.165, 1.54) is 11.0 Å². The fourth-order valence-corrected chi connectivity index (χ4v) is 2.70. The summed E-state index contributed by atoms with van der Waals surface area (Å²) in [6.07, 6.45) is 6.05. The molecule has 9 heteroatoms. The quantitative estimate of drug-likeness (QED) is 0.803. The van der Waals surface area contributed by atoms with Gasteiger partial charge in [0.25, 0.3) is 0 Å². The van der Waals surface area contributed by atoms with E-state index in [-0.39, 0.29) is 18.5 Å². The Balaban J connectivity index is 1.73. The van der Waals surface area contributed by atoms with Crippen molar-refractivity contribution in [2.75, 3.05) is 6.54 Å². The maximum atomic E-state index is 12.5. The number of likely N-dealkylation sites (tertiary alicyclic amines) is 1. The molecule has 1 aliphatic rings. The standard InChI is InChI=1S/C13H19N7O2/c1-2-5-11-15-13(22-16-11)10-6-3-4-7-20(10)12(21)8-19-9-14-17-18-19/h9-10H,2-8H2,1H3. The number of hydrogen-bond donors (Lipinski definition) is 0. The van der Waals surface area contributed by atoms with E-state index in [4.69, 9.17) is 4.52 Å². The molecule has 0 bridgehead atoms. The van der Waals surface area contributed by atoms with E-state index in [9.17, 15) is 4.79 Å². The second-order valence-corrected chi connectivity index (χ2v) is 5.40. The lowest BCUT2D eigenvalue weighted by Crippen LogP contribution is -2.40. The lowest BCUT2D eigenvalue weighted by atomic mass is 10.0. The number of tetrazole rings is 1. The Morgan fingerprint density at radius 3 is 3.14 bits per heavy atom. The van der Waals surface area contributed by atoms with Crippen LogP contribution < -0.4 is 0 Å². The number of carbonyl (C=O) groups is 1. The normalized spacial score (nSPS) is 18.6. The molecular formula is C13H19N7O2. The Morgan fingerprint density at radius 2 is 2.36 bits per heavy atom. The third kappa shape index (κ3) is 3.12. The van der Waals surface area contributed by atoms with Crippen LogP contribution in [-0.4, -0.2) is 47.7 Å². The molecule has 0 aliphatic carbocycles. The van der Waals surface area contributed by atoms with Crippen LogP contribution in [0.3, 0.4) is 0 Å². The average molecular weight is 305 g/mol. The number of aryl methyl sites for hydroxylation is 1. The lowest BCUT2D eigenvalue weighted by Gasteiger charge is -2.33. The minimum absolute atomic E-state index is 0.0350. The van der Waals surface area contributed by atoms with Crippen LogP contribution in [-0.2, 0) is 17.8 Å². The average Bonchev–Trinajstić information content (AvgIpc) is 3.19. The zero-order valence-corrected chi connectivity index (χ0v) is 12.6. The zero-order valence-electron chi connectivity index (χ0n) is 12.6. The first-order chi connectivity index (χ1) is 10.8. The van der Waals surface area contributed by atoms with Crippen molar-refractivity contribution in [1.29, 1.82) is 0 Å². The van der Waals surface area contributed by atoms with Crippen LogP contribution in [0.2, 0.25) is 0 Å². The van der Waals surface area contributed by atoms with Gasteiger partial charge in [-0.15, -0.1) is 5.10 Å². The van der Waals surface area contributed by atoms with E-state index in [0.29, 0.717) is 18.3 Å². The number of carbonyl (C=O) groups excluding carboxylic acids is 1. The molecular weight excluding hydrogens is 286 g/mol. The third-order valence-electron chi connectivity index (χ3n) is 3.75. The topological polar surface area (TPSA) is 103 Å². The summed E-state index contributed by atoms with van der Waals surface area (Å²) >= 11 is 0. The van der Waals surface area contributed by atoms with Gasteiger partial charge in [0.2, 0.25) is 11.8 Å². The molecule has 2 aromatic rings. The van der Waals surface area contributed by atoms with E-state index in [2.05, 4.69) is 32.6 Å². The molecule has 1 amide bonds. The van der Waals surface area contributed by atoms with Gasteiger partial charge in [-0.05, 0) is 36.1 Å². The van der Waals surface area contributed by atoms with Crippen molar-refractivity contribution < 1.29 is 9.32 Å². The van der Waals surface area contributed by atoms with E-state index >= 15 is 0 Å². The van der Waals surface area contributed by atoms with Crippen molar-refractivity contribution >= 4 is 5.91 Å². The first-order valence-corrected chi connectivity index (χ1v) is 7.60. The Morgan fingerprint density at radius 1 is 1.45 bits per heavy atom. The molecule has 0 saturated carbocycles. The predicted molar refractivity (Wildman–Crippen MR) is 74.4 cm³/mol. The maximum Gasteiger partial charge on any atom is 0.249 e. The molecule has 0 N–H and O–H groups in total. The van der Waals surface area contributed by atoms with Crippen LogP contribution >= 0.6 is 0 Å². The number of amides is 1. The minimum Gasteiger partial charge on any atom is -0.337 e. The van der Waals surface area contributed by atoms with E-state index < -0.39 is 0 Å². The van der Waals surface area contributed by atoms with Crippen molar-refractivity contribution in [2.24, 2.45) is 0 Å². The maximum absolute atomic E-state index is 12.5. The molecule has 3 heterocycles. The monoisotopic (exact) mass is 305 g/mol. The van der Waals surface area contributed by atoms with E-state index in [1.807, 2.05) is 0 Å². The van der Waals surface area contributed by atoms with Gasteiger partial charge in [0.1, 0.15) is 18.9 Å². The smallest absolute Gasteiger partial charge is 0.249 e. The SMILES string of the molecule is CCCc1noc(C2CCCCN2C(=O)Cn2cnnn2)n1. The fourth-order valence-electron chi connectivity index (χ4n) is 2.70. The minimum atomic E-state index is -0.143. The predicted octanol–water partition coefficient (Wildman–Crippen LogP) is 0.762. The summed E-state index contributed by atoms with van der Waals surface area (Å²) in [5.74, 6) is 1.21. The van der Waals surface area contributed by atoms with Gasteiger partial charge in [-0.3, -0.25) is 4.79 Å². The molecule has 1 fully saturated rings. The second-order valence-electron chi connectivity index (χ2n) is 5.40. The van der Waals surface area contributed by atoms with Crippen LogP contribution in [0, 0.1) is 0 Å². The zero-order chi connectivity index (χ0) is 15.4. The van der Waals surface area contributed by atoms with Gasteiger partial charge in [-0.25, -0.2) is 4.68 Å².